The molecule has 1 N–H and O–H groups in total. The smallest absolute Gasteiger partial charge is 0.254 e. The van der Waals surface area contributed by atoms with Gasteiger partial charge in [-0.05, 0) is 91.7 Å². The van der Waals surface area contributed by atoms with Crippen molar-refractivity contribution < 1.29 is 9.90 Å². The Labute approximate surface area is 209 Å². The van der Waals surface area contributed by atoms with E-state index >= 15 is 0 Å². The second-order valence-electron chi connectivity index (χ2n) is 11.3. The number of likely N-dealkylation sites (tertiary alicyclic amines) is 1. The number of hydrogen-bond acceptors (Lipinski definition) is 3. The van der Waals surface area contributed by atoms with E-state index in [1.165, 1.54) is 5.56 Å². The van der Waals surface area contributed by atoms with Gasteiger partial charge >= 0.3 is 0 Å². The van der Waals surface area contributed by atoms with Gasteiger partial charge in [-0.3, -0.25) is 4.79 Å². The first kappa shape index (κ1) is 23.9. The highest BCUT2D eigenvalue weighted by Gasteiger charge is 2.49. The molecule has 4 nitrogen and oxygen atoms in total. The maximum absolute atomic E-state index is 14.0. The Morgan fingerprint density at radius 1 is 1.06 bits per heavy atom. The van der Waals surface area contributed by atoms with Crippen LogP contribution in [0.15, 0.2) is 66.7 Å². The summed E-state index contributed by atoms with van der Waals surface area (Å²) in [5.41, 5.74) is 2.01. The van der Waals surface area contributed by atoms with E-state index in [9.17, 15) is 9.90 Å². The lowest BCUT2D eigenvalue weighted by molar-refractivity contribution is 0.0170. The highest BCUT2D eigenvalue weighted by Crippen LogP contribution is 2.50. The van der Waals surface area contributed by atoms with E-state index in [2.05, 4.69) is 61.0 Å². The summed E-state index contributed by atoms with van der Waals surface area (Å²) in [6, 6.07) is 22.5. The molecule has 4 heteroatoms. The highest BCUT2D eigenvalue weighted by molar-refractivity contribution is 5.98. The van der Waals surface area contributed by atoms with Crippen molar-refractivity contribution in [2.45, 2.75) is 51.0 Å². The Hall–Kier alpha value is -2.85. The van der Waals surface area contributed by atoms with Gasteiger partial charge in [-0.2, -0.15) is 0 Å². The van der Waals surface area contributed by atoms with Crippen molar-refractivity contribution >= 4 is 16.7 Å². The van der Waals surface area contributed by atoms with Crippen LogP contribution in [0.4, 0.5) is 0 Å². The van der Waals surface area contributed by atoms with E-state index in [0.29, 0.717) is 17.6 Å². The molecule has 35 heavy (non-hydrogen) atoms. The third kappa shape index (κ3) is 4.69. The molecule has 3 aromatic carbocycles. The lowest BCUT2D eigenvalue weighted by atomic mass is 9.57. The average molecular weight is 471 g/mol. The zero-order valence-corrected chi connectivity index (χ0v) is 21.3. The zero-order valence-electron chi connectivity index (χ0n) is 21.3. The van der Waals surface area contributed by atoms with Gasteiger partial charge in [-0.1, -0.05) is 56.3 Å². The van der Waals surface area contributed by atoms with Crippen LogP contribution < -0.4 is 0 Å². The second-order valence-corrected chi connectivity index (χ2v) is 11.3. The van der Waals surface area contributed by atoms with Crippen LogP contribution in [0.5, 0.6) is 5.75 Å². The summed E-state index contributed by atoms with van der Waals surface area (Å²) in [4.78, 5) is 18.6. The molecule has 0 bridgehead atoms. The fourth-order valence-electron chi connectivity index (χ4n) is 6.65. The van der Waals surface area contributed by atoms with Crippen LogP contribution in [-0.4, -0.2) is 53.5 Å². The molecule has 1 heterocycles. The normalized spacial score (nSPS) is 24.9. The summed E-state index contributed by atoms with van der Waals surface area (Å²) in [7, 11) is 2.22. The summed E-state index contributed by atoms with van der Waals surface area (Å²) in [5.74, 6) is 1.41. The number of phenols is 1. The van der Waals surface area contributed by atoms with Gasteiger partial charge in [0.05, 0.1) is 0 Å². The molecule has 3 atom stereocenters. The van der Waals surface area contributed by atoms with E-state index in [0.717, 1.165) is 61.7 Å². The number of carbonyl (C=O) groups excluding carboxylic acids is 1. The Bertz CT molecular complexity index is 1210. The van der Waals surface area contributed by atoms with Gasteiger partial charge in [0.25, 0.3) is 5.91 Å². The molecule has 1 aliphatic heterocycles. The first-order valence-electron chi connectivity index (χ1n) is 13.1. The molecule has 1 amide bonds. The van der Waals surface area contributed by atoms with Gasteiger partial charge in [0, 0.05) is 30.1 Å². The van der Waals surface area contributed by atoms with Crippen LogP contribution in [0.1, 0.15) is 55.5 Å². The van der Waals surface area contributed by atoms with E-state index < -0.39 is 0 Å². The van der Waals surface area contributed by atoms with Crippen LogP contribution in [0, 0.1) is 11.8 Å². The van der Waals surface area contributed by atoms with Crippen molar-refractivity contribution in [2.24, 2.45) is 11.8 Å². The lowest BCUT2D eigenvalue weighted by Crippen LogP contribution is -2.56. The number of piperidine rings is 1. The van der Waals surface area contributed by atoms with Crippen LogP contribution in [0.3, 0.4) is 0 Å². The number of benzene rings is 3. The van der Waals surface area contributed by atoms with E-state index in [1.54, 1.807) is 6.07 Å². The number of hydrogen-bond donors (Lipinski definition) is 1. The van der Waals surface area contributed by atoms with E-state index in [4.69, 9.17) is 0 Å². The predicted octanol–water partition coefficient (Wildman–Crippen LogP) is 6.09. The zero-order chi connectivity index (χ0) is 24.6. The molecule has 5 rings (SSSR count). The topological polar surface area (TPSA) is 43.8 Å². The van der Waals surface area contributed by atoms with Gasteiger partial charge in [-0.15, -0.1) is 0 Å². The van der Waals surface area contributed by atoms with Gasteiger partial charge in [-0.25, -0.2) is 0 Å². The second kappa shape index (κ2) is 9.66. The molecule has 184 valence electrons. The molecule has 2 aliphatic rings. The highest BCUT2D eigenvalue weighted by atomic mass is 16.3. The van der Waals surface area contributed by atoms with Crippen molar-refractivity contribution in [2.75, 3.05) is 26.7 Å². The molecule has 3 aromatic rings. The maximum Gasteiger partial charge on any atom is 0.254 e. The van der Waals surface area contributed by atoms with Gasteiger partial charge in [0.2, 0.25) is 0 Å². The average Bonchev–Trinajstić information content (AvgIpc) is 2.86. The van der Waals surface area contributed by atoms with Crippen molar-refractivity contribution in [3.8, 4) is 5.75 Å². The van der Waals surface area contributed by atoms with Gasteiger partial charge < -0.3 is 14.9 Å². The Balaban J connectivity index is 1.50. The van der Waals surface area contributed by atoms with Crippen LogP contribution in [-0.2, 0) is 5.41 Å². The fourth-order valence-corrected chi connectivity index (χ4v) is 6.65. The fraction of sp³-hybridized carbons (Fsp3) is 0.452. The number of rotatable bonds is 5. The summed E-state index contributed by atoms with van der Waals surface area (Å²) < 4.78 is 0. The monoisotopic (exact) mass is 470 g/mol. The molecular weight excluding hydrogens is 432 g/mol. The van der Waals surface area contributed by atoms with E-state index in [-0.39, 0.29) is 17.4 Å². The number of fused-ring (bicyclic) bond motifs is 2. The maximum atomic E-state index is 14.0. The standard InChI is InChI=1S/C31H38N2O2/c1-22(2)20-33(30(35)25-12-11-23-7-4-5-8-24(23)17-25)28-14-13-27-21-32(3)16-15-31(27,19-28)26-9-6-10-29(34)18-26/h4-12,17-18,22,27-28,34H,13-16,19-21H2,1-3H3/t27-,28+,31+/m1/s1. The van der Waals surface area contributed by atoms with Crippen molar-refractivity contribution in [1.82, 2.24) is 9.80 Å². The third-order valence-electron chi connectivity index (χ3n) is 8.38. The number of phenolic OH excluding ortho intramolecular Hbond substituents is 1. The number of aromatic hydroxyl groups is 1. The lowest BCUT2D eigenvalue weighted by Gasteiger charge is -2.54. The molecule has 1 saturated heterocycles. The summed E-state index contributed by atoms with van der Waals surface area (Å²) in [5, 5.41) is 12.6. The molecule has 1 saturated carbocycles. The SMILES string of the molecule is CC(C)CN(C(=O)c1ccc2ccccc2c1)[C@H]1CC[C@@H]2CN(C)CC[C@@]2(c2cccc(O)c2)C1. The van der Waals surface area contributed by atoms with Gasteiger partial charge in [0.1, 0.15) is 5.75 Å². The predicted molar refractivity (Wildman–Crippen MR) is 143 cm³/mol. The minimum atomic E-state index is -0.00688. The molecule has 2 fully saturated rings. The molecule has 0 aromatic heterocycles. The van der Waals surface area contributed by atoms with Gasteiger partial charge in [0.15, 0.2) is 0 Å². The minimum absolute atomic E-state index is 0.00688. The molecule has 0 radical (unpaired) electrons. The first-order valence-corrected chi connectivity index (χ1v) is 13.1. The molecule has 0 unspecified atom stereocenters. The molecule has 1 aliphatic carbocycles. The molecule has 0 spiro atoms. The summed E-state index contributed by atoms with van der Waals surface area (Å²) in [6.45, 7) is 7.28. The first-order chi connectivity index (χ1) is 16.9. The summed E-state index contributed by atoms with van der Waals surface area (Å²) in [6.07, 6.45) is 4.16. The van der Waals surface area contributed by atoms with Crippen LogP contribution in [0.25, 0.3) is 10.8 Å². The number of amides is 1. The number of nitrogens with zero attached hydrogens (tertiary/aromatic N) is 2. The largest absolute Gasteiger partial charge is 0.508 e. The van der Waals surface area contributed by atoms with Crippen molar-refractivity contribution in [3.63, 3.8) is 0 Å². The van der Waals surface area contributed by atoms with Crippen molar-refractivity contribution in [1.29, 1.82) is 0 Å². The Kier molecular flexibility index (Phi) is 6.59. The van der Waals surface area contributed by atoms with Crippen LogP contribution >= 0.6 is 0 Å². The van der Waals surface area contributed by atoms with Crippen molar-refractivity contribution in [3.05, 3.63) is 77.9 Å². The quantitative estimate of drug-likeness (QED) is 0.491. The Morgan fingerprint density at radius 3 is 2.63 bits per heavy atom. The number of carbonyl (C=O) groups is 1. The minimum Gasteiger partial charge on any atom is -0.508 e. The van der Waals surface area contributed by atoms with E-state index in [1.807, 2.05) is 30.3 Å². The molecular formula is C31H38N2O2. The van der Waals surface area contributed by atoms with Crippen LogP contribution in [0.2, 0.25) is 0 Å². The summed E-state index contributed by atoms with van der Waals surface area (Å²) >= 11 is 0. The Morgan fingerprint density at radius 2 is 1.86 bits per heavy atom. The third-order valence-corrected chi connectivity index (χ3v) is 8.38.